The minimum atomic E-state index is -3.60. The molecule has 0 unspecified atom stereocenters. The van der Waals surface area contributed by atoms with Crippen molar-refractivity contribution in [1.82, 2.24) is 19.3 Å². The van der Waals surface area contributed by atoms with Crippen molar-refractivity contribution in [1.29, 1.82) is 0 Å². The summed E-state index contributed by atoms with van der Waals surface area (Å²) >= 11 is 6.44. The van der Waals surface area contributed by atoms with Crippen LogP contribution in [0, 0.1) is 6.92 Å². The van der Waals surface area contributed by atoms with Crippen molar-refractivity contribution in [2.45, 2.75) is 24.9 Å². The molecule has 7 nitrogen and oxygen atoms in total. The Labute approximate surface area is 222 Å². The van der Waals surface area contributed by atoms with Crippen molar-refractivity contribution in [3.63, 3.8) is 0 Å². The highest BCUT2D eigenvalue weighted by Gasteiger charge is 2.15. The Hall–Kier alpha value is -3.66. The zero-order chi connectivity index (χ0) is 26.0. The van der Waals surface area contributed by atoms with Gasteiger partial charge < -0.3 is 5.32 Å². The number of hydrogen-bond donors (Lipinski definition) is 2. The second-order valence-electron chi connectivity index (χ2n) is 8.88. The molecular weight excluding hydrogens is 505 g/mol. The molecule has 37 heavy (non-hydrogen) atoms. The van der Waals surface area contributed by atoms with Crippen molar-refractivity contribution in [2.24, 2.45) is 0 Å². The van der Waals surface area contributed by atoms with E-state index in [2.05, 4.69) is 15.1 Å². The largest absolute Gasteiger partial charge is 0.366 e. The number of fused-ring (bicyclic) bond motifs is 1. The second-order valence-corrected chi connectivity index (χ2v) is 11.1. The van der Waals surface area contributed by atoms with Crippen molar-refractivity contribution in [2.75, 3.05) is 5.32 Å². The lowest BCUT2D eigenvalue weighted by atomic mass is 10.0. The molecule has 186 valence electrons. The van der Waals surface area contributed by atoms with Crippen molar-refractivity contribution in [3.8, 4) is 11.3 Å². The van der Waals surface area contributed by atoms with E-state index in [1.54, 1.807) is 28.9 Å². The van der Waals surface area contributed by atoms with Crippen LogP contribution in [0.3, 0.4) is 0 Å². The van der Waals surface area contributed by atoms with Gasteiger partial charge in [0.25, 0.3) is 0 Å². The van der Waals surface area contributed by atoms with Gasteiger partial charge in [-0.2, -0.15) is 9.61 Å². The number of aryl methyl sites for hydroxylation is 1. The molecule has 0 amide bonds. The summed E-state index contributed by atoms with van der Waals surface area (Å²) in [7, 11) is -1.63. The lowest BCUT2D eigenvalue weighted by molar-refractivity contribution is 0.581. The van der Waals surface area contributed by atoms with E-state index >= 15 is 0 Å². The Bertz CT molecular complexity index is 1700. The first kappa shape index (κ1) is 25.0. The number of nitrogens with zero attached hydrogens (tertiary/aromatic N) is 3. The van der Waals surface area contributed by atoms with Gasteiger partial charge in [0.15, 0.2) is 5.65 Å². The van der Waals surface area contributed by atoms with Gasteiger partial charge in [0.2, 0.25) is 10.0 Å². The van der Waals surface area contributed by atoms with E-state index in [1.807, 2.05) is 75.4 Å². The third-order valence-corrected chi connectivity index (χ3v) is 7.76. The summed E-state index contributed by atoms with van der Waals surface area (Å²) in [6, 6.07) is 24.2. The minimum absolute atomic E-state index is 0.193. The highest BCUT2D eigenvalue weighted by atomic mass is 35.5. The summed E-state index contributed by atoms with van der Waals surface area (Å²) in [5, 5.41) is 8.56. The number of sulfonamides is 1. The van der Waals surface area contributed by atoms with Crippen LogP contribution in [0.1, 0.15) is 16.7 Å². The Kier molecular flexibility index (Phi) is 7.01. The SMILES string of the molecule is Bc1cnn2c(NCc3cccc(CNS(=O)(=O)c4cccc(C)c4)c3)cc(-c3ccccc3Cl)nc12. The van der Waals surface area contributed by atoms with Gasteiger partial charge in [-0.15, -0.1) is 0 Å². The molecule has 0 spiro atoms. The van der Waals surface area contributed by atoms with Gasteiger partial charge in [-0.1, -0.05) is 66.2 Å². The molecule has 0 radical (unpaired) electrons. The molecule has 0 aliphatic heterocycles. The minimum Gasteiger partial charge on any atom is -0.366 e. The predicted octanol–water partition coefficient (Wildman–Crippen LogP) is 3.71. The quantitative estimate of drug-likeness (QED) is 0.299. The van der Waals surface area contributed by atoms with Crippen LogP contribution in [0.5, 0.6) is 0 Å². The fraction of sp³-hybridized carbons (Fsp3) is 0.111. The molecule has 0 atom stereocenters. The van der Waals surface area contributed by atoms with Crippen LogP contribution in [0.15, 0.2) is 90.0 Å². The third kappa shape index (κ3) is 5.54. The average Bonchev–Trinajstić information content (AvgIpc) is 3.27. The molecule has 2 aromatic heterocycles. The van der Waals surface area contributed by atoms with E-state index in [1.165, 1.54) is 0 Å². The van der Waals surface area contributed by atoms with Gasteiger partial charge in [0.1, 0.15) is 13.7 Å². The number of halogens is 1. The maximum Gasteiger partial charge on any atom is 0.240 e. The van der Waals surface area contributed by atoms with Crippen LogP contribution in [-0.4, -0.2) is 30.9 Å². The van der Waals surface area contributed by atoms with E-state index in [9.17, 15) is 8.42 Å². The average molecular weight is 530 g/mol. The number of rotatable bonds is 8. The Morgan fingerprint density at radius 2 is 1.70 bits per heavy atom. The molecule has 0 fully saturated rings. The molecule has 5 aromatic rings. The summed E-state index contributed by atoms with van der Waals surface area (Å²) in [5.41, 5.74) is 6.06. The number of hydrogen-bond acceptors (Lipinski definition) is 5. The van der Waals surface area contributed by atoms with E-state index in [4.69, 9.17) is 16.6 Å². The van der Waals surface area contributed by atoms with E-state index in [0.29, 0.717) is 11.6 Å². The molecule has 0 aliphatic rings. The zero-order valence-corrected chi connectivity index (χ0v) is 22.0. The molecule has 0 saturated carbocycles. The Morgan fingerprint density at radius 3 is 2.49 bits per heavy atom. The van der Waals surface area contributed by atoms with Crippen LogP contribution in [-0.2, 0) is 23.1 Å². The number of aromatic nitrogens is 3. The number of benzene rings is 3. The Morgan fingerprint density at radius 1 is 0.946 bits per heavy atom. The number of nitrogens with one attached hydrogen (secondary N) is 2. The molecular formula is C27H25BClN5O2S. The second kappa shape index (κ2) is 10.4. The summed E-state index contributed by atoms with van der Waals surface area (Å²) in [6.45, 7) is 2.57. The molecule has 3 aromatic carbocycles. The first-order valence-electron chi connectivity index (χ1n) is 11.8. The molecule has 5 rings (SSSR count). The topological polar surface area (TPSA) is 88.4 Å². The summed E-state index contributed by atoms with van der Waals surface area (Å²) in [6.07, 6.45) is 1.78. The standard InChI is InChI=1S/C27H25BClN5O2S/c1-18-6-4-9-21(12-18)37(35,36)32-16-20-8-5-7-19(13-20)15-30-26-14-25(22-10-2-3-11-24(22)29)33-27-23(28)17-31-34(26)27/h2-14,17,30,32H,15-16,28H2,1H3. The summed E-state index contributed by atoms with van der Waals surface area (Å²) in [5.74, 6) is 0.776. The molecule has 0 saturated heterocycles. The normalized spacial score (nSPS) is 11.6. The van der Waals surface area contributed by atoms with E-state index < -0.39 is 10.0 Å². The Balaban J connectivity index is 1.35. The van der Waals surface area contributed by atoms with Crippen LogP contribution in [0.4, 0.5) is 5.82 Å². The van der Waals surface area contributed by atoms with Gasteiger partial charge >= 0.3 is 0 Å². The fourth-order valence-corrected chi connectivity index (χ4v) is 5.45. The first-order valence-corrected chi connectivity index (χ1v) is 13.6. The monoisotopic (exact) mass is 529 g/mol. The van der Waals surface area contributed by atoms with Gasteiger partial charge in [-0.25, -0.2) is 18.1 Å². The van der Waals surface area contributed by atoms with E-state index in [-0.39, 0.29) is 11.4 Å². The molecule has 0 bridgehead atoms. The third-order valence-electron chi connectivity index (χ3n) is 6.03. The van der Waals surface area contributed by atoms with E-state index in [0.717, 1.165) is 44.9 Å². The van der Waals surface area contributed by atoms with Crippen molar-refractivity contribution >= 4 is 46.4 Å². The lowest BCUT2D eigenvalue weighted by Gasteiger charge is -2.13. The molecule has 2 N–H and O–H groups in total. The van der Waals surface area contributed by atoms with Crippen LogP contribution < -0.4 is 15.5 Å². The smallest absolute Gasteiger partial charge is 0.240 e. The van der Waals surface area contributed by atoms with Crippen LogP contribution in [0.2, 0.25) is 5.02 Å². The zero-order valence-electron chi connectivity index (χ0n) is 20.4. The van der Waals surface area contributed by atoms with Crippen LogP contribution >= 0.6 is 11.6 Å². The highest BCUT2D eigenvalue weighted by Crippen LogP contribution is 2.28. The first-order chi connectivity index (χ1) is 17.8. The molecule has 2 heterocycles. The summed E-state index contributed by atoms with van der Waals surface area (Å²) < 4.78 is 29.9. The maximum absolute atomic E-state index is 12.7. The van der Waals surface area contributed by atoms with Crippen molar-refractivity contribution < 1.29 is 8.42 Å². The highest BCUT2D eigenvalue weighted by molar-refractivity contribution is 7.89. The van der Waals surface area contributed by atoms with Crippen LogP contribution in [0.25, 0.3) is 16.9 Å². The van der Waals surface area contributed by atoms with Gasteiger partial charge in [-0.05, 0) is 47.3 Å². The predicted molar refractivity (Wildman–Crippen MR) is 151 cm³/mol. The number of anilines is 1. The van der Waals surface area contributed by atoms with Crippen molar-refractivity contribution in [3.05, 3.63) is 107 Å². The summed E-state index contributed by atoms with van der Waals surface area (Å²) in [4.78, 5) is 5.04. The molecule has 10 heteroatoms. The lowest BCUT2D eigenvalue weighted by Crippen LogP contribution is -2.23. The molecule has 0 aliphatic carbocycles. The van der Waals surface area contributed by atoms with Gasteiger partial charge in [0, 0.05) is 35.9 Å². The van der Waals surface area contributed by atoms with Gasteiger partial charge in [0.05, 0.1) is 10.6 Å². The fourth-order valence-electron chi connectivity index (χ4n) is 4.09. The van der Waals surface area contributed by atoms with Gasteiger partial charge in [-0.3, -0.25) is 0 Å². The maximum atomic E-state index is 12.7.